The number of hydrogen-bond acceptors (Lipinski definition) is 2. The second-order valence-electron chi connectivity index (χ2n) is 3.52. The van der Waals surface area contributed by atoms with Crippen molar-refractivity contribution in [3.05, 3.63) is 60.8 Å². The Morgan fingerprint density at radius 1 is 0.941 bits per heavy atom. The number of rotatable bonds is 1. The van der Waals surface area contributed by atoms with Crippen LogP contribution in [-0.2, 0) is 20.1 Å². The number of para-hydroxylation sites is 1. The van der Waals surface area contributed by atoms with Crippen LogP contribution in [-0.4, -0.2) is 9.97 Å². The van der Waals surface area contributed by atoms with E-state index in [1.807, 2.05) is 42.5 Å². The first kappa shape index (κ1) is 11.9. The molecule has 0 bridgehead atoms. The van der Waals surface area contributed by atoms with Crippen LogP contribution in [0.3, 0.4) is 0 Å². The molecule has 3 rings (SSSR count). The molecule has 0 saturated carbocycles. The monoisotopic (exact) mass is 398 g/mol. The SMILES string of the molecule is [Ir].[c-]1cccnc1-c1ccc2ccccc2n1. The third kappa shape index (κ3) is 2.41. The average Bonchev–Trinajstić information content (AvgIpc) is 2.39. The zero-order valence-electron chi connectivity index (χ0n) is 8.92. The van der Waals surface area contributed by atoms with Crippen molar-refractivity contribution >= 4 is 10.9 Å². The maximum absolute atomic E-state index is 4.55. The van der Waals surface area contributed by atoms with E-state index in [1.54, 1.807) is 6.20 Å². The van der Waals surface area contributed by atoms with Gasteiger partial charge in [-0.15, -0.1) is 6.07 Å². The predicted molar refractivity (Wildman–Crippen MR) is 63.8 cm³/mol. The molecule has 1 radical (unpaired) electrons. The van der Waals surface area contributed by atoms with Crippen molar-refractivity contribution in [3.63, 3.8) is 0 Å². The van der Waals surface area contributed by atoms with Crippen molar-refractivity contribution in [1.82, 2.24) is 9.97 Å². The Bertz CT molecular complexity index is 623. The van der Waals surface area contributed by atoms with Crippen molar-refractivity contribution in [2.75, 3.05) is 0 Å². The number of fused-ring (bicyclic) bond motifs is 1. The molecule has 1 aromatic carbocycles. The van der Waals surface area contributed by atoms with Crippen LogP contribution in [0.2, 0.25) is 0 Å². The minimum atomic E-state index is 0. The first-order chi connectivity index (χ1) is 7.93. The first-order valence-corrected chi connectivity index (χ1v) is 5.12. The van der Waals surface area contributed by atoms with Crippen LogP contribution >= 0.6 is 0 Å². The van der Waals surface area contributed by atoms with Crippen LogP contribution < -0.4 is 0 Å². The minimum absolute atomic E-state index is 0. The first-order valence-electron chi connectivity index (χ1n) is 5.12. The van der Waals surface area contributed by atoms with Gasteiger partial charge >= 0.3 is 0 Å². The topological polar surface area (TPSA) is 25.8 Å². The maximum atomic E-state index is 4.55. The second-order valence-corrected chi connectivity index (χ2v) is 3.52. The van der Waals surface area contributed by atoms with Crippen molar-refractivity contribution in [2.24, 2.45) is 0 Å². The van der Waals surface area contributed by atoms with Gasteiger partial charge in [0.05, 0.1) is 5.52 Å². The van der Waals surface area contributed by atoms with E-state index in [2.05, 4.69) is 22.1 Å². The number of nitrogens with zero attached hydrogens (tertiary/aromatic N) is 2. The fraction of sp³-hybridized carbons (Fsp3) is 0. The summed E-state index contributed by atoms with van der Waals surface area (Å²) in [7, 11) is 0. The van der Waals surface area contributed by atoms with Gasteiger partial charge in [0.25, 0.3) is 0 Å². The molecular weight excluding hydrogens is 388 g/mol. The van der Waals surface area contributed by atoms with E-state index in [-0.39, 0.29) is 20.1 Å². The summed E-state index contributed by atoms with van der Waals surface area (Å²) in [6.45, 7) is 0. The van der Waals surface area contributed by atoms with Gasteiger partial charge < -0.3 is 4.98 Å². The van der Waals surface area contributed by atoms with E-state index in [1.165, 1.54) is 0 Å². The summed E-state index contributed by atoms with van der Waals surface area (Å²) in [5.74, 6) is 0. The number of aromatic nitrogens is 2. The van der Waals surface area contributed by atoms with E-state index in [4.69, 9.17) is 0 Å². The molecule has 0 amide bonds. The Hall–Kier alpha value is -1.57. The van der Waals surface area contributed by atoms with Crippen LogP contribution in [0.4, 0.5) is 0 Å². The summed E-state index contributed by atoms with van der Waals surface area (Å²) < 4.78 is 0. The molecule has 0 fully saturated rings. The molecule has 2 heterocycles. The third-order valence-electron chi connectivity index (χ3n) is 2.45. The van der Waals surface area contributed by atoms with Crippen LogP contribution in [0.1, 0.15) is 0 Å². The largest absolute Gasteiger partial charge is 0.310 e. The summed E-state index contributed by atoms with van der Waals surface area (Å²) in [5, 5.41) is 1.14. The van der Waals surface area contributed by atoms with Crippen molar-refractivity contribution in [2.45, 2.75) is 0 Å². The molecule has 0 N–H and O–H groups in total. The fourth-order valence-corrected chi connectivity index (χ4v) is 1.66. The van der Waals surface area contributed by atoms with E-state index in [0.29, 0.717) is 0 Å². The minimum Gasteiger partial charge on any atom is -0.310 e. The van der Waals surface area contributed by atoms with Gasteiger partial charge in [-0.25, -0.2) is 0 Å². The van der Waals surface area contributed by atoms with Gasteiger partial charge in [0.15, 0.2) is 0 Å². The number of pyridine rings is 2. The van der Waals surface area contributed by atoms with Gasteiger partial charge in [0, 0.05) is 20.1 Å². The molecule has 3 heteroatoms. The normalized spacial score (nSPS) is 9.88. The van der Waals surface area contributed by atoms with Gasteiger partial charge in [-0.3, -0.25) is 4.98 Å². The fourth-order valence-electron chi connectivity index (χ4n) is 1.66. The molecule has 17 heavy (non-hydrogen) atoms. The number of hydrogen-bond donors (Lipinski definition) is 0. The maximum Gasteiger partial charge on any atom is 0.0559 e. The molecule has 0 atom stereocenters. The van der Waals surface area contributed by atoms with Crippen LogP contribution in [0, 0.1) is 6.07 Å². The van der Waals surface area contributed by atoms with E-state index < -0.39 is 0 Å². The van der Waals surface area contributed by atoms with Crippen LogP contribution in [0.15, 0.2) is 54.7 Å². The van der Waals surface area contributed by atoms with Crippen LogP contribution in [0.5, 0.6) is 0 Å². The summed E-state index contributed by atoms with van der Waals surface area (Å²) >= 11 is 0. The molecule has 0 unspecified atom stereocenters. The summed E-state index contributed by atoms with van der Waals surface area (Å²) in [6, 6.07) is 18.9. The van der Waals surface area contributed by atoms with Crippen LogP contribution in [0.25, 0.3) is 22.3 Å². The summed E-state index contributed by atoms with van der Waals surface area (Å²) in [4.78, 5) is 8.79. The quantitative estimate of drug-likeness (QED) is 0.590. The summed E-state index contributed by atoms with van der Waals surface area (Å²) in [5.41, 5.74) is 2.63. The van der Waals surface area contributed by atoms with Crippen molar-refractivity contribution < 1.29 is 20.1 Å². The zero-order valence-corrected chi connectivity index (χ0v) is 11.3. The van der Waals surface area contributed by atoms with Gasteiger partial charge in [0.2, 0.25) is 0 Å². The van der Waals surface area contributed by atoms with E-state index in [0.717, 1.165) is 22.3 Å². The van der Waals surface area contributed by atoms with E-state index >= 15 is 0 Å². The molecule has 2 aromatic heterocycles. The molecule has 85 valence electrons. The van der Waals surface area contributed by atoms with Gasteiger partial charge in [0.1, 0.15) is 0 Å². The standard InChI is InChI=1S/C14H9N2.Ir/c1-2-6-12-11(5-1)8-9-14(16-12)13-7-3-4-10-15-13;/h1-6,8-10H;/q-1;. The molecular formula is C14H9IrN2-. The molecule has 0 aliphatic heterocycles. The van der Waals surface area contributed by atoms with Gasteiger partial charge in [-0.05, 0) is 29.0 Å². The molecule has 0 aliphatic rings. The second kappa shape index (κ2) is 5.17. The predicted octanol–water partition coefficient (Wildman–Crippen LogP) is 3.09. The smallest absolute Gasteiger partial charge is 0.0559 e. The molecule has 2 nitrogen and oxygen atoms in total. The molecule has 0 aliphatic carbocycles. The zero-order chi connectivity index (χ0) is 10.8. The third-order valence-corrected chi connectivity index (χ3v) is 2.45. The Morgan fingerprint density at radius 2 is 1.82 bits per heavy atom. The Balaban J connectivity index is 0.00000108. The van der Waals surface area contributed by atoms with Gasteiger partial charge in [-0.1, -0.05) is 30.3 Å². The van der Waals surface area contributed by atoms with E-state index in [9.17, 15) is 0 Å². The Morgan fingerprint density at radius 3 is 2.65 bits per heavy atom. The number of benzene rings is 1. The molecule has 0 spiro atoms. The molecule has 3 aromatic rings. The van der Waals surface area contributed by atoms with Crippen molar-refractivity contribution in [1.29, 1.82) is 0 Å². The Kier molecular flexibility index (Phi) is 3.62. The van der Waals surface area contributed by atoms with Crippen molar-refractivity contribution in [3.8, 4) is 11.4 Å². The summed E-state index contributed by atoms with van der Waals surface area (Å²) in [6.07, 6.45) is 1.75. The van der Waals surface area contributed by atoms with Gasteiger partial charge in [-0.2, -0.15) is 12.1 Å². The Labute approximate surface area is 113 Å². The molecule has 0 saturated heterocycles. The average molecular weight is 397 g/mol.